The zero-order chi connectivity index (χ0) is 76.2. The topological polar surface area (TPSA) is 207 Å². The number of carboxylic acids is 1. The number of likely N-dealkylation sites (N-methyl/N-ethyl adjacent to an activating group) is 1. The Morgan fingerprint density at radius 3 is 1.10 bits per heavy atom. The normalized spacial score (nSPS) is 10.6. The van der Waals surface area contributed by atoms with Crippen molar-refractivity contribution in [3.8, 4) is 86.2 Å². The number of rotatable bonds is 28. The van der Waals surface area contributed by atoms with Crippen molar-refractivity contribution in [3.63, 3.8) is 0 Å². The SMILES string of the molecule is COc1ccccc1OCC(=O)N(C)C.COc1ccccc1OCC(=O)N1CCCCC1.COc1ccccc1OCC(=O)O.COc1ccccc1OCC=C(C)C.COc1ccccc1OCCC(C)C.COc1ccccc1OCc1ccccc1.COc1ccccc1Oc1ccccc1. The second-order valence-electron chi connectivity index (χ2n) is 23.4. The average molecular weight is 1440 g/mol. The van der Waals surface area contributed by atoms with E-state index < -0.39 is 5.97 Å². The molecule has 0 unspecified atom stereocenters. The lowest BCUT2D eigenvalue weighted by atomic mass is 10.1. The van der Waals surface area contributed by atoms with Crippen molar-refractivity contribution < 1.29 is 85.8 Å². The van der Waals surface area contributed by atoms with Crippen molar-refractivity contribution in [2.45, 2.75) is 60.0 Å². The first-order valence-corrected chi connectivity index (χ1v) is 34.2. The minimum atomic E-state index is -1.01. The molecule has 20 nitrogen and oxygen atoms in total. The van der Waals surface area contributed by atoms with Crippen LogP contribution in [0.2, 0.25) is 0 Å². The molecule has 10 rings (SSSR count). The van der Waals surface area contributed by atoms with Crippen molar-refractivity contribution in [3.05, 3.63) is 248 Å². The standard InChI is InChI=1S/C14H19NO3.C14H14O2.C13H12O2.C12H18O2.C12H16O2.C11H15NO3.C9H10O4/c1-17-12-7-3-4-8-13(12)18-11-14(16)15-9-5-2-6-10-15;1-15-13-9-5-6-10-14(13)16-11-12-7-3-2-4-8-12;1-14-12-9-5-6-10-13(12)15-11-7-3-2-4-8-11;2*1-10(2)8-9-14-12-7-5-4-6-11(12)13-3;1-12(2)11(13)8-15-10-7-5-4-6-9(10)14-3;1-12-7-4-2-3-5-8(7)13-6-9(10)11/h3-4,7-8H,2,5-6,9-11H2,1H3;2-10H,11H2,1H3;2-10H,1H3;4-7,10H,8-9H2,1-3H3;4-8H,9H2,1-3H3;4-7H,8H2,1-3H3;2-5H,6H2,1H3,(H,10,11). The molecular weight excluding hydrogens is 1340 g/mol. The molecule has 0 spiro atoms. The molecule has 562 valence electrons. The molecule has 0 aliphatic carbocycles. The summed E-state index contributed by atoms with van der Waals surface area (Å²) in [5.41, 5.74) is 2.40. The molecule has 1 fully saturated rings. The van der Waals surface area contributed by atoms with Crippen molar-refractivity contribution >= 4 is 17.8 Å². The van der Waals surface area contributed by atoms with Crippen molar-refractivity contribution in [2.24, 2.45) is 5.92 Å². The Morgan fingerprint density at radius 1 is 0.400 bits per heavy atom. The Bertz CT molecular complexity index is 3880. The van der Waals surface area contributed by atoms with Gasteiger partial charge in [-0.1, -0.05) is 153 Å². The number of piperidine rings is 1. The summed E-state index contributed by atoms with van der Waals surface area (Å²) in [6.45, 7) is 11.8. The number of hydrogen-bond donors (Lipinski definition) is 1. The number of amides is 2. The van der Waals surface area contributed by atoms with Crippen LogP contribution in [-0.2, 0) is 21.0 Å². The average Bonchev–Trinajstić information content (AvgIpc) is 0.936. The number of carbonyl (C=O) groups is 3. The van der Waals surface area contributed by atoms with E-state index >= 15 is 0 Å². The largest absolute Gasteiger partial charge is 0.493 e. The lowest BCUT2D eigenvalue weighted by Gasteiger charge is -2.26. The van der Waals surface area contributed by atoms with E-state index in [9.17, 15) is 14.4 Å². The third kappa shape index (κ3) is 34.7. The van der Waals surface area contributed by atoms with E-state index in [4.69, 9.17) is 71.4 Å². The fourth-order valence-electron chi connectivity index (χ4n) is 8.97. The Labute approximate surface area is 620 Å². The number of para-hydroxylation sites is 15. The smallest absolute Gasteiger partial charge is 0.341 e. The van der Waals surface area contributed by atoms with E-state index in [1.807, 2.05) is 219 Å². The van der Waals surface area contributed by atoms with Gasteiger partial charge in [0.25, 0.3) is 11.8 Å². The fraction of sp³-hybridized carbons (Fsp3) is 0.306. The monoisotopic (exact) mass is 1440 g/mol. The van der Waals surface area contributed by atoms with E-state index in [0.717, 1.165) is 96.3 Å². The van der Waals surface area contributed by atoms with Gasteiger partial charge in [0.1, 0.15) is 19.0 Å². The van der Waals surface area contributed by atoms with E-state index in [-0.39, 0.29) is 31.6 Å². The minimum Gasteiger partial charge on any atom is -0.493 e. The molecule has 0 radical (unpaired) electrons. The van der Waals surface area contributed by atoms with Crippen LogP contribution < -0.4 is 66.3 Å². The highest BCUT2D eigenvalue weighted by molar-refractivity contribution is 5.78. The van der Waals surface area contributed by atoms with Crippen molar-refractivity contribution in [1.29, 1.82) is 0 Å². The molecule has 0 saturated carbocycles. The van der Waals surface area contributed by atoms with Crippen molar-refractivity contribution in [2.75, 3.05) is 110 Å². The number of carbonyl (C=O) groups excluding carboxylic acids is 2. The van der Waals surface area contributed by atoms with Gasteiger partial charge in [-0.3, -0.25) is 9.59 Å². The van der Waals surface area contributed by atoms with Gasteiger partial charge in [-0.25, -0.2) is 4.79 Å². The summed E-state index contributed by atoms with van der Waals surface area (Å²) in [5.74, 6) is 10.1. The molecular formula is C85H104N2O18. The van der Waals surface area contributed by atoms with Gasteiger partial charge in [0, 0.05) is 27.2 Å². The van der Waals surface area contributed by atoms with Gasteiger partial charge in [-0.05, 0) is 154 Å². The van der Waals surface area contributed by atoms with Crippen LogP contribution in [-0.4, -0.2) is 143 Å². The van der Waals surface area contributed by atoms with Crippen LogP contribution in [0.15, 0.2) is 242 Å². The van der Waals surface area contributed by atoms with E-state index in [2.05, 4.69) is 13.8 Å². The third-order valence-corrected chi connectivity index (χ3v) is 14.6. The van der Waals surface area contributed by atoms with Gasteiger partial charge in [0.05, 0.1) is 56.4 Å². The second kappa shape index (κ2) is 51.5. The highest BCUT2D eigenvalue weighted by Crippen LogP contribution is 2.33. The number of carboxylic acid groups (broad SMARTS) is 1. The predicted molar refractivity (Wildman–Crippen MR) is 411 cm³/mol. The molecule has 1 aliphatic heterocycles. The molecule has 9 aromatic rings. The number of allylic oxidation sites excluding steroid dienone is 1. The number of likely N-dealkylation sites (tertiary alicyclic amines) is 1. The quantitative estimate of drug-likeness (QED) is 0.0452. The highest BCUT2D eigenvalue weighted by atomic mass is 16.5. The van der Waals surface area contributed by atoms with Crippen molar-refractivity contribution in [1.82, 2.24) is 9.80 Å². The highest BCUT2D eigenvalue weighted by Gasteiger charge is 2.18. The van der Waals surface area contributed by atoms with Gasteiger partial charge >= 0.3 is 5.97 Å². The molecule has 0 bridgehead atoms. The first-order chi connectivity index (χ1) is 51.0. The summed E-state index contributed by atoms with van der Waals surface area (Å²) < 4.78 is 74.3. The molecule has 2 amide bonds. The van der Waals surface area contributed by atoms with Gasteiger partial charge in [0.2, 0.25) is 0 Å². The molecule has 0 atom stereocenters. The first-order valence-electron chi connectivity index (χ1n) is 34.2. The molecule has 1 N–H and O–H groups in total. The zero-order valence-electron chi connectivity index (χ0n) is 62.9. The van der Waals surface area contributed by atoms with Crippen LogP contribution in [0, 0.1) is 5.92 Å². The first kappa shape index (κ1) is 85.7. The minimum absolute atomic E-state index is 0.0212. The number of hydrogen-bond acceptors (Lipinski definition) is 17. The molecule has 1 aliphatic rings. The molecule has 1 saturated heterocycles. The molecule has 105 heavy (non-hydrogen) atoms. The summed E-state index contributed by atoms with van der Waals surface area (Å²) in [6, 6.07) is 71.8. The van der Waals surface area contributed by atoms with E-state index in [0.29, 0.717) is 53.6 Å². The number of methoxy groups -OCH3 is 7. The van der Waals surface area contributed by atoms with E-state index in [1.54, 1.807) is 93.2 Å². The maximum atomic E-state index is 11.9. The van der Waals surface area contributed by atoms with Crippen LogP contribution in [0.25, 0.3) is 0 Å². The maximum Gasteiger partial charge on any atom is 0.341 e. The summed E-state index contributed by atoms with van der Waals surface area (Å²) in [7, 11) is 14.6. The molecule has 9 aromatic carbocycles. The molecule has 0 aromatic heterocycles. The Balaban J connectivity index is 0.000000260. The predicted octanol–water partition coefficient (Wildman–Crippen LogP) is 17.3. The Hall–Kier alpha value is -11.7. The van der Waals surface area contributed by atoms with Gasteiger partial charge in [-0.2, -0.15) is 0 Å². The van der Waals surface area contributed by atoms with Crippen LogP contribution in [0.5, 0.6) is 86.2 Å². The number of aliphatic carboxylic acids is 1. The molecule has 1 heterocycles. The Kier molecular flexibility index (Phi) is 42.0. The maximum absolute atomic E-state index is 11.9. The number of benzene rings is 9. The number of ether oxygens (including phenoxy) is 14. The fourth-order valence-corrected chi connectivity index (χ4v) is 8.97. The van der Waals surface area contributed by atoms with Gasteiger partial charge in [-0.15, -0.1) is 0 Å². The van der Waals surface area contributed by atoms with Crippen LogP contribution in [0.1, 0.15) is 58.9 Å². The third-order valence-electron chi connectivity index (χ3n) is 14.6. The molecule has 20 heteroatoms. The summed E-state index contributed by atoms with van der Waals surface area (Å²) in [5, 5.41) is 8.37. The number of nitrogens with zero attached hydrogens (tertiary/aromatic N) is 2. The van der Waals surface area contributed by atoms with Crippen LogP contribution in [0.3, 0.4) is 0 Å². The summed E-state index contributed by atoms with van der Waals surface area (Å²) in [4.78, 5) is 36.8. The van der Waals surface area contributed by atoms with Gasteiger partial charge in [0.15, 0.2) is 100 Å². The van der Waals surface area contributed by atoms with Gasteiger partial charge < -0.3 is 81.2 Å². The summed E-state index contributed by atoms with van der Waals surface area (Å²) in [6.07, 6.45) is 6.52. The van der Waals surface area contributed by atoms with Crippen LogP contribution in [0.4, 0.5) is 0 Å². The lowest BCUT2D eigenvalue weighted by molar-refractivity contribution is -0.139. The zero-order valence-corrected chi connectivity index (χ0v) is 62.9. The summed E-state index contributed by atoms with van der Waals surface area (Å²) >= 11 is 0. The lowest BCUT2D eigenvalue weighted by Crippen LogP contribution is -2.38. The van der Waals surface area contributed by atoms with Crippen LogP contribution >= 0.6 is 0 Å². The second-order valence-corrected chi connectivity index (χ2v) is 23.4. The van der Waals surface area contributed by atoms with E-state index in [1.165, 1.54) is 24.0 Å². The Morgan fingerprint density at radius 2 is 0.724 bits per heavy atom.